The summed E-state index contributed by atoms with van der Waals surface area (Å²) in [4.78, 5) is 11.8. The number of hydrogen-bond donors (Lipinski definition) is 1. The zero-order valence-corrected chi connectivity index (χ0v) is 11.5. The van der Waals surface area contributed by atoms with Gasteiger partial charge in [0, 0.05) is 11.2 Å². The fraction of sp³-hybridized carbons (Fsp3) is 0.200. The van der Waals surface area contributed by atoms with Gasteiger partial charge in [-0.3, -0.25) is 4.79 Å². The van der Waals surface area contributed by atoms with Crippen molar-refractivity contribution in [1.29, 1.82) is 5.26 Å². The summed E-state index contributed by atoms with van der Waals surface area (Å²) < 4.78 is 1.10. The number of nitrogens with zero attached hydrogens (tertiary/aromatic N) is 1. The second kappa shape index (κ2) is 6.17. The molecule has 0 aliphatic carbocycles. The zero-order valence-electron chi connectivity index (χ0n) is 10.6. The number of amides is 1. The van der Waals surface area contributed by atoms with Gasteiger partial charge in [-0.15, -0.1) is 11.3 Å². The standard InChI is InChI=1S/C15H14N2OS/c1-2-7-17-15(18)13(10-16)9-12-5-3-4-11-6-8-19-14(11)12/h3-6,8-9H,2,7H2,1H3,(H,17,18)/b13-9+. The van der Waals surface area contributed by atoms with Crippen LogP contribution in [0.25, 0.3) is 16.2 Å². The number of carbonyl (C=O) groups excluding carboxylic acids is 1. The molecule has 1 amide bonds. The van der Waals surface area contributed by atoms with Gasteiger partial charge in [-0.25, -0.2) is 0 Å². The Hall–Kier alpha value is -2.12. The highest BCUT2D eigenvalue weighted by Crippen LogP contribution is 2.26. The molecule has 0 radical (unpaired) electrons. The van der Waals surface area contributed by atoms with Gasteiger partial charge in [0.2, 0.25) is 0 Å². The van der Waals surface area contributed by atoms with Crippen molar-refractivity contribution < 1.29 is 4.79 Å². The third kappa shape index (κ3) is 3.01. The maximum Gasteiger partial charge on any atom is 0.261 e. The summed E-state index contributed by atoms with van der Waals surface area (Å²) in [6.07, 6.45) is 2.51. The molecule has 0 saturated carbocycles. The highest BCUT2D eigenvalue weighted by molar-refractivity contribution is 7.17. The number of nitriles is 1. The van der Waals surface area contributed by atoms with Gasteiger partial charge in [0.25, 0.3) is 5.91 Å². The smallest absolute Gasteiger partial charge is 0.261 e. The van der Waals surface area contributed by atoms with E-state index in [0.717, 1.165) is 22.1 Å². The predicted molar refractivity (Wildman–Crippen MR) is 78.7 cm³/mol. The molecule has 0 bridgehead atoms. The minimum atomic E-state index is -0.307. The van der Waals surface area contributed by atoms with Crippen molar-refractivity contribution in [3.05, 3.63) is 40.8 Å². The molecule has 0 atom stereocenters. The summed E-state index contributed by atoms with van der Waals surface area (Å²) in [6.45, 7) is 2.56. The monoisotopic (exact) mass is 270 g/mol. The fourth-order valence-corrected chi connectivity index (χ4v) is 2.65. The van der Waals surface area contributed by atoms with E-state index in [4.69, 9.17) is 5.26 Å². The molecule has 0 fully saturated rings. The van der Waals surface area contributed by atoms with E-state index < -0.39 is 0 Å². The fourth-order valence-electron chi connectivity index (χ4n) is 1.77. The number of hydrogen-bond acceptors (Lipinski definition) is 3. The van der Waals surface area contributed by atoms with Gasteiger partial charge in [0.05, 0.1) is 0 Å². The van der Waals surface area contributed by atoms with Crippen LogP contribution < -0.4 is 5.32 Å². The van der Waals surface area contributed by atoms with E-state index >= 15 is 0 Å². The van der Waals surface area contributed by atoms with Crippen LogP contribution in [0.1, 0.15) is 18.9 Å². The summed E-state index contributed by atoms with van der Waals surface area (Å²) in [5.41, 5.74) is 1.06. The third-order valence-electron chi connectivity index (χ3n) is 2.71. The van der Waals surface area contributed by atoms with Crippen LogP contribution >= 0.6 is 11.3 Å². The summed E-state index contributed by atoms with van der Waals surface area (Å²) in [5.74, 6) is -0.307. The summed E-state index contributed by atoms with van der Waals surface area (Å²) in [6, 6.07) is 9.87. The molecule has 2 aromatic rings. The number of benzene rings is 1. The van der Waals surface area contributed by atoms with Crippen LogP contribution in [0.2, 0.25) is 0 Å². The van der Waals surface area contributed by atoms with Crippen LogP contribution in [0.4, 0.5) is 0 Å². The van der Waals surface area contributed by atoms with Crippen LogP contribution in [0.15, 0.2) is 35.2 Å². The van der Waals surface area contributed by atoms with Crippen LogP contribution in [-0.2, 0) is 4.79 Å². The minimum Gasteiger partial charge on any atom is -0.351 e. The Balaban J connectivity index is 2.35. The largest absolute Gasteiger partial charge is 0.351 e. The van der Waals surface area contributed by atoms with E-state index in [-0.39, 0.29) is 11.5 Å². The Morgan fingerprint density at radius 2 is 2.32 bits per heavy atom. The SMILES string of the molecule is CCCNC(=O)/C(C#N)=C/c1cccc2ccsc12. The quantitative estimate of drug-likeness (QED) is 0.684. The van der Waals surface area contributed by atoms with E-state index in [0.29, 0.717) is 6.54 Å². The van der Waals surface area contributed by atoms with Crippen LogP contribution in [-0.4, -0.2) is 12.5 Å². The first-order valence-corrected chi connectivity index (χ1v) is 7.00. The van der Waals surface area contributed by atoms with E-state index in [2.05, 4.69) is 5.32 Å². The Labute approximate surface area is 116 Å². The second-order valence-electron chi connectivity index (χ2n) is 4.11. The van der Waals surface area contributed by atoms with Crippen molar-refractivity contribution in [2.75, 3.05) is 6.54 Å². The summed E-state index contributed by atoms with van der Waals surface area (Å²) in [5, 5.41) is 15.0. The normalized spacial score (nSPS) is 11.3. The number of carbonyl (C=O) groups is 1. The first-order chi connectivity index (χ1) is 9.26. The summed E-state index contributed by atoms with van der Waals surface area (Å²) >= 11 is 1.61. The highest BCUT2D eigenvalue weighted by atomic mass is 32.1. The molecule has 0 aliphatic heterocycles. The molecule has 96 valence electrons. The first-order valence-electron chi connectivity index (χ1n) is 6.12. The predicted octanol–water partition coefficient (Wildman–Crippen LogP) is 3.33. The Morgan fingerprint density at radius 3 is 3.05 bits per heavy atom. The maximum absolute atomic E-state index is 11.8. The number of fused-ring (bicyclic) bond motifs is 1. The van der Waals surface area contributed by atoms with E-state index in [1.165, 1.54) is 0 Å². The van der Waals surface area contributed by atoms with Crippen molar-refractivity contribution in [2.45, 2.75) is 13.3 Å². The van der Waals surface area contributed by atoms with Gasteiger partial charge in [0.1, 0.15) is 11.6 Å². The average Bonchev–Trinajstić information content (AvgIpc) is 2.91. The Kier molecular flexibility index (Phi) is 4.32. The van der Waals surface area contributed by atoms with E-state index in [1.807, 2.05) is 42.6 Å². The molecular weight excluding hydrogens is 256 g/mol. The lowest BCUT2D eigenvalue weighted by molar-refractivity contribution is -0.117. The Morgan fingerprint density at radius 1 is 1.47 bits per heavy atom. The summed E-state index contributed by atoms with van der Waals surface area (Å²) in [7, 11) is 0. The molecule has 3 nitrogen and oxygen atoms in total. The molecule has 0 aliphatic rings. The number of nitrogens with one attached hydrogen (secondary N) is 1. The lowest BCUT2D eigenvalue weighted by Gasteiger charge is -2.02. The average molecular weight is 270 g/mol. The lowest BCUT2D eigenvalue weighted by atomic mass is 10.1. The zero-order chi connectivity index (χ0) is 13.7. The van der Waals surface area contributed by atoms with Gasteiger partial charge in [0.15, 0.2) is 0 Å². The molecule has 0 unspecified atom stereocenters. The van der Waals surface area contributed by atoms with Crippen LogP contribution in [0, 0.1) is 11.3 Å². The van der Waals surface area contributed by atoms with Crippen molar-refractivity contribution in [3.8, 4) is 6.07 Å². The molecule has 4 heteroatoms. The minimum absolute atomic E-state index is 0.148. The lowest BCUT2D eigenvalue weighted by Crippen LogP contribution is -2.25. The van der Waals surface area contributed by atoms with Crippen molar-refractivity contribution in [3.63, 3.8) is 0 Å². The molecule has 0 spiro atoms. The molecule has 0 saturated heterocycles. The van der Waals surface area contributed by atoms with Crippen molar-refractivity contribution >= 4 is 33.4 Å². The van der Waals surface area contributed by atoms with Gasteiger partial charge in [-0.1, -0.05) is 25.1 Å². The van der Waals surface area contributed by atoms with Gasteiger partial charge in [-0.2, -0.15) is 5.26 Å². The van der Waals surface area contributed by atoms with Gasteiger partial charge >= 0.3 is 0 Å². The topological polar surface area (TPSA) is 52.9 Å². The van der Waals surface area contributed by atoms with Crippen molar-refractivity contribution in [1.82, 2.24) is 5.32 Å². The molecule has 2 rings (SSSR count). The number of rotatable bonds is 4. The Bertz CT molecular complexity index is 664. The number of thiophene rings is 1. The highest BCUT2D eigenvalue weighted by Gasteiger charge is 2.09. The second-order valence-corrected chi connectivity index (χ2v) is 5.03. The maximum atomic E-state index is 11.8. The molecule has 1 aromatic heterocycles. The molecule has 1 heterocycles. The molecule has 1 N–H and O–H groups in total. The van der Waals surface area contributed by atoms with Crippen molar-refractivity contribution in [2.24, 2.45) is 0 Å². The first kappa shape index (κ1) is 13.3. The van der Waals surface area contributed by atoms with E-state index in [9.17, 15) is 4.79 Å². The molecular formula is C15H14N2OS. The van der Waals surface area contributed by atoms with Crippen LogP contribution in [0.5, 0.6) is 0 Å². The van der Waals surface area contributed by atoms with Gasteiger partial charge in [-0.05, 0) is 34.9 Å². The third-order valence-corrected chi connectivity index (χ3v) is 3.69. The molecule has 19 heavy (non-hydrogen) atoms. The van der Waals surface area contributed by atoms with Crippen LogP contribution in [0.3, 0.4) is 0 Å². The van der Waals surface area contributed by atoms with Gasteiger partial charge < -0.3 is 5.32 Å². The molecule has 1 aromatic carbocycles. The van der Waals surface area contributed by atoms with E-state index in [1.54, 1.807) is 17.4 Å².